The molecular formula is C11H16ClN5. The van der Waals surface area contributed by atoms with Crippen molar-refractivity contribution in [1.82, 2.24) is 19.5 Å². The van der Waals surface area contributed by atoms with Crippen molar-refractivity contribution >= 4 is 28.6 Å². The molecule has 0 amide bonds. The maximum atomic E-state index is 5.92. The second-order valence-corrected chi connectivity index (χ2v) is 4.17. The van der Waals surface area contributed by atoms with Gasteiger partial charge in [0.2, 0.25) is 5.28 Å². The zero-order valence-corrected chi connectivity index (χ0v) is 10.8. The van der Waals surface area contributed by atoms with Gasteiger partial charge in [-0.2, -0.15) is 9.97 Å². The number of hydrogen-bond acceptors (Lipinski definition) is 4. The number of imidazole rings is 1. The van der Waals surface area contributed by atoms with Crippen molar-refractivity contribution in [1.29, 1.82) is 0 Å². The minimum absolute atomic E-state index is 0.256. The predicted molar refractivity (Wildman–Crippen MR) is 69.4 cm³/mol. The van der Waals surface area contributed by atoms with Crippen LogP contribution >= 0.6 is 11.6 Å². The molecule has 2 aromatic heterocycles. The molecule has 0 aliphatic rings. The van der Waals surface area contributed by atoms with Crippen LogP contribution in [0.3, 0.4) is 0 Å². The third-order valence-corrected chi connectivity index (χ3v) is 2.70. The zero-order chi connectivity index (χ0) is 12.3. The van der Waals surface area contributed by atoms with Gasteiger partial charge in [-0.15, -0.1) is 0 Å². The van der Waals surface area contributed by atoms with E-state index in [1.165, 1.54) is 0 Å². The summed E-state index contributed by atoms with van der Waals surface area (Å²) in [5, 5.41) is 3.41. The van der Waals surface area contributed by atoms with Gasteiger partial charge in [-0.05, 0) is 24.9 Å². The minimum atomic E-state index is 0.256. The summed E-state index contributed by atoms with van der Waals surface area (Å²) in [6.45, 7) is 5.86. The summed E-state index contributed by atoms with van der Waals surface area (Å²) in [6.07, 6.45) is 4.04. The van der Waals surface area contributed by atoms with E-state index in [1.807, 2.05) is 11.5 Å². The Morgan fingerprint density at radius 1 is 1.35 bits per heavy atom. The molecule has 0 aliphatic carbocycles. The van der Waals surface area contributed by atoms with E-state index < -0.39 is 0 Å². The summed E-state index contributed by atoms with van der Waals surface area (Å²) in [6, 6.07) is 0. The molecule has 1 N–H and O–H groups in total. The van der Waals surface area contributed by atoms with Crippen LogP contribution in [0.25, 0.3) is 11.2 Å². The van der Waals surface area contributed by atoms with Gasteiger partial charge in [0.05, 0.1) is 6.33 Å². The lowest BCUT2D eigenvalue weighted by atomic mass is 10.3. The molecule has 0 radical (unpaired) electrons. The summed E-state index contributed by atoms with van der Waals surface area (Å²) in [4.78, 5) is 12.7. The molecule has 0 saturated carbocycles. The maximum absolute atomic E-state index is 5.92. The monoisotopic (exact) mass is 253 g/mol. The molecule has 0 aromatic carbocycles. The molecule has 2 rings (SSSR count). The first-order chi connectivity index (χ1) is 8.26. The first kappa shape index (κ1) is 12.1. The number of rotatable bonds is 5. The molecule has 2 heterocycles. The first-order valence-corrected chi connectivity index (χ1v) is 6.26. The molecule has 5 nitrogen and oxygen atoms in total. The molecule has 92 valence electrons. The Kier molecular flexibility index (Phi) is 3.78. The Hall–Kier alpha value is -1.36. The normalized spacial score (nSPS) is 11.0. The van der Waals surface area contributed by atoms with E-state index in [1.54, 1.807) is 6.33 Å². The lowest BCUT2D eigenvalue weighted by Gasteiger charge is -2.05. The van der Waals surface area contributed by atoms with Gasteiger partial charge in [-0.1, -0.05) is 13.3 Å². The van der Waals surface area contributed by atoms with Crippen LogP contribution in [0, 0.1) is 0 Å². The SMILES string of the molecule is CCCCn1cnc2c(NCC)nc(Cl)nc21. The van der Waals surface area contributed by atoms with E-state index in [9.17, 15) is 0 Å². The topological polar surface area (TPSA) is 55.6 Å². The smallest absolute Gasteiger partial charge is 0.226 e. The average Bonchev–Trinajstić information content (AvgIpc) is 2.70. The average molecular weight is 254 g/mol. The summed E-state index contributed by atoms with van der Waals surface area (Å²) in [5.74, 6) is 0.706. The number of aryl methyl sites for hydroxylation is 1. The summed E-state index contributed by atoms with van der Waals surface area (Å²) < 4.78 is 2.02. The van der Waals surface area contributed by atoms with Gasteiger partial charge in [-0.25, -0.2) is 4.98 Å². The van der Waals surface area contributed by atoms with Crippen molar-refractivity contribution in [3.8, 4) is 0 Å². The molecule has 0 atom stereocenters. The first-order valence-electron chi connectivity index (χ1n) is 5.88. The highest BCUT2D eigenvalue weighted by Gasteiger charge is 2.11. The van der Waals surface area contributed by atoms with Crippen LogP contribution in [0.2, 0.25) is 5.28 Å². The lowest BCUT2D eigenvalue weighted by Crippen LogP contribution is -2.03. The van der Waals surface area contributed by atoms with Gasteiger partial charge in [0, 0.05) is 13.1 Å². The third kappa shape index (κ3) is 2.49. The van der Waals surface area contributed by atoms with Crippen molar-refractivity contribution < 1.29 is 0 Å². The van der Waals surface area contributed by atoms with Gasteiger partial charge >= 0.3 is 0 Å². The molecular weight excluding hydrogens is 238 g/mol. The fraction of sp³-hybridized carbons (Fsp3) is 0.545. The molecule has 0 bridgehead atoms. The van der Waals surface area contributed by atoms with Crippen LogP contribution in [-0.2, 0) is 6.54 Å². The third-order valence-electron chi connectivity index (χ3n) is 2.53. The van der Waals surface area contributed by atoms with Gasteiger partial charge in [0.15, 0.2) is 17.0 Å². The Labute approximate surface area is 105 Å². The number of nitrogens with one attached hydrogen (secondary N) is 1. The molecule has 0 fully saturated rings. The molecule has 0 spiro atoms. The van der Waals surface area contributed by atoms with E-state index in [0.717, 1.165) is 37.1 Å². The van der Waals surface area contributed by atoms with Crippen LogP contribution in [0.4, 0.5) is 5.82 Å². The van der Waals surface area contributed by atoms with Crippen LogP contribution in [-0.4, -0.2) is 26.1 Å². The Morgan fingerprint density at radius 2 is 2.18 bits per heavy atom. The number of nitrogens with zero attached hydrogens (tertiary/aromatic N) is 4. The van der Waals surface area contributed by atoms with Crippen molar-refractivity contribution in [2.75, 3.05) is 11.9 Å². The molecule has 0 saturated heterocycles. The van der Waals surface area contributed by atoms with E-state index in [-0.39, 0.29) is 5.28 Å². The quantitative estimate of drug-likeness (QED) is 0.833. The van der Waals surface area contributed by atoms with Gasteiger partial charge in [0.25, 0.3) is 0 Å². The molecule has 0 unspecified atom stereocenters. The largest absolute Gasteiger partial charge is 0.368 e. The van der Waals surface area contributed by atoms with Crippen molar-refractivity contribution in [3.63, 3.8) is 0 Å². The number of halogens is 1. The van der Waals surface area contributed by atoms with Gasteiger partial charge in [0.1, 0.15) is 0 Å². The van der Waals surface area contributed by atoms with Crippen molar-refractivity contribution in [3.05, 3.63) is 11.6 Å². The second kappa shape index (κ2) is 5.31. The van der Waals surface area contributed by atoms with Crippen LogP contribution in [0.15, 0.2) is 6.33 Å². The molecule has 6 heteroatoms. The predicted octanol–water partition coefficient (Wildman–Crippen LogP) is 2.71. The second-order valence-electron chi connectivity index (χ2n) is 3.84. The Balaban J connectivity index is 2.45. The summed E-state index contributed by atoms with van der Waals surface area (Å²) >= 11 is 5.92. The van der Waals surface area contributed by atoms with Crippen molar-refractivity contribution in [2.24, 2.45) is 0 Å². The van der Waals surface area contributed by atoms with Gasteiger partial charge in [-0.3, -0.25) is 0 Å². The Morgan fingerprint density at radius 3 is 2.88 bits per heavy atom. The van der Waals surface area contributed by atoms with E-state index >= 15 is 0 Å². The zero-order valence-electron chi connectivity index (χ0n) is 10.1. The number of aromatic nitrogens is 4. The highest BCUT2D eigenvalue weighted by atomic mass is 35.5. The van der Waals surface area contributed by atoms with Crippen molar-refractivity contribution in [2.45, 2.75) is 33.2 Å². The number of unbranched alkanes of at least 4 members (excludes halogenated alkanes) is 1. The minimum Gasteiger partial charge on any atom is -0.368 e. The van der Waals surface area contributed by atoms with E-state index in [0.29, 0.717) is 5.82 Å². The van der Waals surface area contributed by atoms with Crippen LogP contribution in [0.1, 0.15) is 26.7 Å². The van der Waals surface area contributed by atoms with Crippen LogP contribution in [0.5, 0.6) is 0 Å². The molecule has 2 aromatic rings. The standard InChI is InChI=1S/C11H16ClN5/c1-3-5-6-17-7-14-8-9(13-4-2)15-11(12)16-10(8)17/h7H,3-6H2,1-2H3,(H,13,15,16). The maximum Gasteiger partial charge on any atom is 0.226 e. The number of fused-ring (bicyclic) bond motifs is 1. The van der Waals surface area contributed by atoms with Crippen LogP contribution < -0.4 is 5.32 Å². The fourth-order valence-corrected chi connectivity index (χ4v) is 1.87. The molecule has 17 heavy (non-hydrogen) atoms. The Bertz CT molecular complexity index is 508. The molecule has 0 aliphatic heterocycles. The van der Waals surface area contributed by atoms with E-state index in [4.69, 9.17) is 11.6 Å². The number of anilines is 1. The van der Waals surface area contributed by atoms with E-state index in [2.05, 4.69) is 27.2 Å². The highest BCUT2D eigenvalue weighted by Crippen LogP contribution is 2.20. The summed E-state index contributed by atoms with van der Waals surface area (Å²) in [7, 11) is 0. The fourth-order valence-electron chi connectivity index (χ4n) is 1.70. The van der Waals surface area contributed by atoms with Gasteiger partial charge < -0.3 is 9.88 Å². The lowest BCUT2D eigenvalue weighted by molar-refractivity contribution is 0.641. The highest BCUT2D eigenvalue weighted by molar-refractivity contribution is 6.28. The number of hydrogen-bond donors (Lipinski definition) is 1. The summed E-state index contributed by atoms with van der Waals surface area (Å²) in [5.41, 5.74) is 1.58.